The van der Waals surface area contributed by atoms with Crippen LogP contribution in [0.15, 0.2) is 0 Å². The number of unbranched alkanes of at least 4 members (excludes halogenated alkanes) is 2. The molecule has 1 rings (SSSR count). The minimum absolute atomic E-state index is 0.0432. The summed E-state index contributed by atoms with van der Waals surface area (Å²) in [6.45, 7) is 2.12. The third-order valence-electron chi connectivity index (χ3n) is 4.08. The molecule has 0 aromatic rings. The maximum atomic E-state index is 12.7. The second-order valence-corrected chi connectivity index (χ2v) is 5.43. The summed E-state index contributed by atoms with van der Waals surface area (Å²) in [7, 11) is 0. The van der Waals surface area contributed by atoms with Gasteiger partial charge < -0.3 is 0 Å². The molecule has 1 fully saturated rings. The van der Waals surface area contributed by atoms with Crippen molar-refractivity contribution in [1.29, 1.82) is 0 Å². The molecule has 0 aromatic heterocycles. The van der Waals surface area contributed by atoms with Crippen molar-refractivity contribution < 1.29 is 13.2 Å². The van der Waals surface area contributed by atoms with Crippen LogP contribution in [0, 0.1) is 11.8 Å². The number of rotatable bonds is 6. The van der Waals surface area contributed by atoms with E-state index in [1.807, 2.05) is 0 Å². The molecule has 3 atom stereocenters. The molecule has 0 radical (unpaired) electrons. The molecule has 0 aliphatic heterocycles. The molecule has 0 saturated heterocycles. The van der Waals surface area contributed by atoms with Gasteiger partial charge in [0.25, 0.3) is 0 Å². The van der Waals surface area contributed by atoms with Gasteiger partial charge in [-0.2, -0.15) is 13.2 Å². The van der Waals surface area contributed by atoms with Gasteiger partial charge in [-0.1, -0.05) is 32.6 Å². The van der Waals surface area contributed by atoms with Crippen molar-refractivity contribution in [2.45, 2.75) is 70.5 Å². The Morgan fingerprint density at radius 2 is 2.00 bits per heavy atom. The van der Waals surface area contributed by atoms with Gasteiger partial charge in [0, 0.05) is 6.04 Å². The molecular weight excluding hydrogens is 241 g/mol. The Morgan fingerprint density at radius 1 is 1.28 bits per heavy atom. The Hall–Kier alpha value is -0.290. The van der Waals surface area contributed by atoms with Gasteiger partial charge in [-0.25, -0.2) is 0 Å². The van der Waals surface area contributed by atoms with Crippen LogP contribution in [0.2, 0.25) is 0 Å². The fourth-order valence-corrected chi connectivity index (χ4v) is 2.96. The van der Waals surface area contributed by atoms with Crippen molar-refractivity contribution in [2.24, 2.45) is 17.7 Å². The largest absolute Gasteiger partial charge is 0.391 e. The summed E-state index contributed by atoms with van der Waals surface area (Å²) in [6.07, 6.45) is 2.19. The van der Waals surface area contributed by atoms with E-state index in [9.17, 15) is 13.2 Å². The van der Waals surface area contributed by atoms with Crippen molar-refractivity contribution >= 4 is 0 Å². The van der Waals surface area contributed by atoms with Crippen molar-refractivity contribution in [1.82, 2.24) is 5.43 Å². The van der Waals surface area contributed by atoms with Crippen LogP contribution < -0.4 is 11.3 Å². The smallest absolute Gasteiger partial charge is 0.271 e. The van der Waals surface area contributed by atoms with Crippen molar-refractivity contribution in [3.05, 3.63) is 0 Å². The topological polar surface area (TPSA) is 38.0 Å². The van der Waals surface area contributed by atoms with Gasteiger partial charge >= 0.3 is 6.18 Å². The van der Waals surface area contributed by atoms with Crippen LogP contribution in [-0.4, -0.2) is 12.2 Å². The highest BCUT2D eigenvalue weighted by atomic mass is 19.4. The Labute approximate surface area is 107 Å². The molecule has 3 unspecified atom stereocenters. The van der Waals surface area contributed by atoms with Crippen LogP contribution in [0.4, 0.5) is 13.2 Å². The molecule has 0 amide bonds. The Morgan fingerprint density at radius 3 is 2.56 bits per heavy atom. The number of nitrogens with one attached hydrogen (secondary N) is 1. The molecule has 0 bridgehead atoms. The van der Waals surface area contributed by atoms with Gasteiger partial charge in [-0.15, -0.1) is 0 Å². The normalized spacial score (nSPS) is 27.2. The van der Waals surface area contributed by atoms with Gasteiger partial charge in [0.2, 0.25) is 0 Å². The molecule has 5 heteroatoms. The van der Waals surface area contributed by atoms with Gasteiger partial charge in [0.1, 0.15) is 0 Å². The first-order chi connectivity index (χ1) is 8.49. The quantitative estimate of drug-likeness (QED) is 0.436. The minimum atomic E-state index is -4.04. The standard InChI is InChI=1S/C13H25F3N2/c1-2-3-4-8-12(18-17)10-6-5-7-11(9-10)13(14,15)16/h10-12,18H,2-9,17H2,1H3. The summed E-state index contributed by atoms with van der Waals surface area (Å²) in [5.41, 5.74) is 2.74. The molecule has 3 N–H and O–H groups in total. The van der Waals surface area contributed by atoms with Gasteiger partial charge in [0.05, 0.1) is 5.92 Å². The van der Waals surface area contributed by atoms with E-state index in [-0.39, 0.29) is 24.8 Å². The van der Waals surface area contributed by atoms with E-state index in [2.05, 4.69) is 12.3 Å². The predicted molar refractivity (Wildman–Crippen MR) is 66.8 cm³/mol. The second-order valence-electron chi connectivity index (χ2n) is 5.43. The first-order valence-electron chi connectivity index (χ1n) is 7.01. The van der Waals surface area contributed by atoms with E-state index in [4.69, 9.17) is 5.84 Å². The molecule has 1 aliphatic carbocycles. The lowest BCUT2D eigenvalue weighted by molar-refractivity contribution is -0.186. The van der Waals surface area contributed by atoms with Crippen LogP contribution in [0.5, 0.6) is 0 Å². The first kappa shape index (κ1) is 15.8. The highest BCUT2D eigenvalue weighted by molar-refractivity contribution is 4.84. The van der Waals surface area contributed by atoms with Crippen LogP contribution in [-0.2, 0) is 0 Å². The van der Waals surface area contributed by atoms with Crippen molar-refractivity contribution in [3.8, 4) is 0 Å². The Kier molecular flexibility index (Phi) is 6.43. The lowest BCUT2D eigenvalue weighted by Gasteiger charge is -2.35. The maximum absolute atomic E-state index is 12.7. The fraction of sp³-hybridized carbons (Fsp3) is 1.00. The van der Waals surface area contributed by atoms with E-state index in [0.29, 0.717) is 6.42 Å². The molecular formula is C13H25F3N2. The molecule has 1 saturated carbocycles. The summed E-state index contributed by atoms with van der Waals surface area (Å²) in [6, 6.07) is 0.0432. The summed E-state index contributed by atoms with van der Waals surface area (Å²) >= 11 is 0. The average molecular weight is 266 g/mol. The molecule has 0 spiro atoms. The Balaban J connectivity index is 2.47. The second kappa shape index (κ2) is 7.34. The SMILES string of the molecule is CCCCCC(NN)C1CCCC(C(F)(F)F)C1. The maximum Gasteiger partial charge on any atom is 0.391 e. The van der Waals surface area contributed by atoms with Crippen molar-refractivity contribution in [2.75, 3.05) is 0 Å². The average Bonchev–Trinajstić information content (AvgIpc) is 2.34. The number of hydrazine groups is 1. The lowest BCUT2D eigenvalue weighted by atomic mass is 9.76. The van der Waals surface area contributed by atoms with Crippen LogP contribution in [0.3, 0.4) is 0 Å². The third kappa shape index (κ3) is 4.76. The third-order valence-corrected chi connectivity index (χ3v) is 4.08. The van der Waals surface area contributed by atoms with E-state index in [1.54, 1.807) is 0 Å². The molecule has 18 heavy (non-hydrogen) atoms. The monoisotopic (exact) mass is 266 g/mol. The number of hydrogen-bond donors (Lipinski definition) is 2. The van der Waals surface area contributed by atoms with Gasteiger partial charge in [-0.3, -0.25) is 11.3 Å². The zero-order valence-corrected chi connectivity index (χ0v) is 11.1. The van der Waals surface area contributed by atoms with Crippen LogP contribution >= 0.6 is 0 Å². The summed E-state index contributed by atoms with van der Waals surface area (Å²) < 4.78 is 38.2. The van der Waals surface area contributed by atoms with E-state index < -0.39 is 12.1 Å². The van der Waals surface area contributed by atoms with E-state index in [1.165, 1.54) is 0 Å². The van der Waals surface area contributed by atoms with Gasteiger partial charge in [-0.05, 0) is 31.6 Å². The number of hydrogen-bond acceptors (Lipinski definition) is 2. The minimum Gasteiger partial charge on any atom is -0.271 e. The van der Waals surface area contributed by atoms with E-state index in [0.717, 1.165) is 32.1 Å². The number of nitrogens with two attached hydrogens (primary N) is 1. The number of halogens is 3. The first-order valence-corrected chi connectivity index (χ1v) is 7.01. The predicted octanol–water partition coefficient (Wildman–Crippen LogP) is 3.77. The molecule has 1 aliphatic rings. The van der Waals surface area contributed by atoms with Gasteiger partial charge in [0.15, 0.2) is 0 Å². The fourth-order valence-electron chi connectivity index (χ4n) is 2.96. The highest BCUT2D eigenvalue weighted by Gasteiger charge is 2.43. The van der Waals surface area contributed by atoms with E-state index >= 15 is 0 Å². The summed E-state index contributed by atoms with van der Waals surface area (Å²) in [5, 5.41) is 0. The van der Waals surface area contributed by atoms with Crippen molar-refractivity contribution in [3.63, 3.8) is 0 Å². The number of alkyl halides is 3. The zero-order valence-electron chi connectivity index (χ0n) is 11.1. The molecule has 108 valence electrons. The zero-order chi connectivity index (χ0) is 13.6. The highest BCUT2D eigenvalue weighted by Crippen LogP contribution is 2.41. The Bertz CT molecular complexity index is 231. The molecule has 0 aromatic carbocycles. The summed E-state index contributed by atoms with van der Waals surface area (Å²) in [5.74, 6) is 4.46. The summed E-state index contributed by atoms with van der Waals surface area (Å²) in [4.78, 5) is 0. The van der Waals surface area contributed by atoms with Crippen LogP contribution in [0.25, 0.3) is 0 Å². The van der Waals surface area contributed by atoms with Crippen LogP contribution in [0.1, 0.15) is 58.3 Å². The molecule has 2 nitrogen and oxygen atoms in total. The lowest BCUT2D eigenvalue weighted by Crippen LogP contribution is -2.44. The molecule has 0 heterocycles.